The SMILES string of the molecule is Cc1cccc(-c2n[nH]c(=S)n2CC(=O)NCC(c2ccco2)N2CCCCC2)c1. The lowest BCUT2D eigenvalue weighted by molar-refractivity contribution is -0.122. The number of aromatic amines is 1. The summed E-state index contributed by atoms with van der Waals surface area (Å²) in [5.41, 5.74) is 2.05. The monoisotopic (exact) mass is 425 g/mol. The Labute approximate surface area is 181 Å². The van der Waals surface area contributed by atoms with E-state index in [4.69, 9.17) is 16.6 Å². The molecule has 4 rings (SSSR count). The molecule has 7 nitrogen and oxygen atoms in total. The van der Waals surface area contributed by atoms with Crippen LogP contribution in [0.25, 0.3) is 11.4 Å². The van der Waals surface area contributed by atoms with Crippen LogP contribution in [0, 0.1) is 11.7 Å². The number of aromatic nitrogens is 3. The summed E-state index contributed by atoms with van der Waals surface area (Å²) in [7, 11) is 0. The van der Waals surface area contributed by atoms with Crippen molar-refractivity contribution in [3.63, 3.8) is 0 Å². The zero-order valence-electron chi connectivity index (χ0n) is 17.1. The van der Waals surface area contributed by atoms with Gasteiger partial charge < -0.3 is 9.73 Å². The van der Waals surface area contributed by atoms with Crippen molar-refractivity contribution in [1.29, 1.82) is 0 Å². The summed E-state index contributed by atoms with van der Waals surface area (Å²) in [5, 5.41) is 10.2. The topological polar surface area (TPSA) is 79.1 Å². The van der Waals surface area contributed by atoms with Crippen LogP contribution >= 0.6 is 12.2 Å². The number of carbonyl (C=O) groups is 1. The van der Waals surface area contributed by atoms with Crippen molar-refractivity contribution in [3.05, 3.63) is 58.8 Å². The summed E-state index contributed by atoms with van der Waals surface area (Å²) in [5.74, 6) is 1.45. The lowest BCUT2D eigenvalue weighted by atomic mass is 10.1. The molecule has 2 aromatic heterocycles. The molecule has 158 valence electrons. The van der Waals surface area contributed by atoms with Gasteiger partial charge in [0.05, 0.1) is 12.3 Å². The van der Waals surface area contributed by atoms with E-state index < -0.39 is 0 Å². The number of carbonyl (C=O) groups excluding carboxylic acids is 1. The Balaban J connectivity index is 1.46. The smallest absolute Gasteiger partial charge is 0.240 e. The van der Waals surface area contributed by atoms with Crippen LogP contribution in [0.1, 0.15) is 36.6 Å². The molecular weight excluding hydrogens is 398 g/mol. The van der Waals surface area contributed by atoms with Crippen LogP contribution in [0.15, 0.2) is 47.1 Å². The minimum absolute atomic E-state index is 0.0396. The van der Waals surface area contributed by atoms with Crippen molar-refractivity contribution >= 4 is 18.1 Å². The second-order valence-electron chi connectivity index (χ2n) is 7.74. The van der Waals surface area contributed by atoms with Gasteiger partial charge in [-0.05, 0) is 63.3 Å². The maximum absolute atomic E-state index is 12.8. The molecule has 1 aromatic carbocycles. The zero-order valence-corrected chi connectivity index (χ0v) is 18.0. The number of rotatable bonds is 7. The average Bonchev–Trinajstić information content (AvgIpc) is 3.40. The summed E-state index contributed by atoms with van der Waals surface area (Å²) in [6, 6.07) is 11.9. The lowest BCUT2D eigenvalue weighted by Crippen LogP contribution is -2.41. The van der Waals surface area contributed by atoms with Crippen molar-refractivity contribution in [3.8, 4) is 11.4 Å². The number of furan rings is 1. The van der Waals surface area contributed by atoms with E-state index in [-0.39, 0.29) is 18.5 Å². The number of benzene rings is 1. The second-order valence-corrected chi connectivity index (χ2v) is 8.13. The van der Waals surface area contributed by atoms with Gasteiger partial charge in [0.1, 0.15) is 12.3 Å². The Kier molecular flexibility index (Phi) is 6.44. The van der Waals surface area contributed by atoms with E-state index in [0.29, 0.717) is 17.1 Å². The molecule has 1 unspecified atom stereocenters. The minimum Gasteiger partial charge on any atom is -0.468 e. The minimum atomic E-state index is -0.102. The number of hydrogen-bond acceptors (Lipinski definition) is 5. The van der Waals surface area contributed by atoms with Crippen LogP contribution in [0.3, 0.4) is 0 Å². The molecule has 0 bridgehead atoms. The first-order valence-electron chi connectivity index (χ1n) is 10.4. The molecule has 1 aliphatic heterocycles. The second kappa shape index (κ2) is 9.40. The quantitative estimate of drug-likeness (QED) is 0.562. The molecule has 0 spiro atoms. The Bertz CT molecular complexity index is 1030. The van der Waals surface area contributed by atoms with Gasteiger partial charge in [0.2, 0.25) is 5.91 Å². The number of amides is 1. The molecule has 0 saturated carbocycles. The summed E-state index contributed by atoms with van der Waals surface area (Å²) in [6.45, 7) is 4.68. The third kappa shape index (κ3) is 4.71. The van der Waals surface area contributed by atoms with E-state index in [0.717, 1.165) is 30.0 Å². The average molecular weight is 426 g/mol. The molecule has 2 N–H and O–H groups in total. The lowest BCUT2D eigenvalue weighted by Gasteiger charge is -2.33. The van der Waals surface area contributed by atoms with E-state index in [1.807, 2.05) is 43.3 Å². The van der Waals surface area contributed by atoms with Gasteiger partial charge in [0.15, 0.2) is 10.6 Å². The molecule has 1 atom stereocenters. The van der Waals surface area contributed by atoms with E-state index >= 15 is 0 Å². The van der Waals surface area contributed by atoms with Gasteiger partial charge in [-0.3, -0.25) is 19.4 Å². The van der Waals surface area contributed by atoms with E-state index in [9.17, 15) is 4.79 Å². The first kappa shape index (κ1) is 20.6. The fraction of sp³-hybridized carbons (Fsp3) is 0.409. The number of nitrogens with one attached hydrogen (secondary N) is 2. The number of hydrogen-bond donors (Lipinski definition) is 2. The normalized spacial score (nSPS) is 15.8. The van der Waals surface area contributed by atoms with Gasteiger partial charge in [-0.25, -0.2) is 0 Å². The van der Waals surface area contributed by atoms with Gasteiger partial charge >= 0.3 is 0 Å². The van der Waals surface area contributed by atoms with Crippen molar-refractivity contribution < 1.29 is 9.21 Å². The predicted molar refractivity (Wildman–Crippen MR) is 117 cm³/mol. The Hall–Kier alpha value is -2.71. The van der Waals surface area contributed by atoms with E-state index in [1.165, 1.54) is 19.3 Å². The number of likely N-dealkylation sites (tertiary alicyclic amines) is 1. The summed E-state index contributed by atoms with van der Waals surface area (Å²) in [6.07, 6.45) is 5.30. The first-order chi connectivity index (χ1) is 14.6. The van der Waals surface area contributed by atoms with Crippen molar-refractivity contribution in [2.24, 2.45) is 0 Å². The van der Waals surface area contributed by atoms with Crippen molar-refractivity contribution in [2.45, 2.75) is 38.8 Å². The van der Waals surface area contributed by atoms with E-state index in [2.05, 4.69) is 20.4 Å². The van der Waals surface area contributed by atoms with Crippen LogP contribution in [-0.4, -0.2) is 45.2 Å². The molecule has 1 amide bonds. The highest BCUT2D eigenvalue weighted by Gasteiger charge is 2.25. The predicted octanol–water partition coefficient (Wildman–Crippen LogP) is 3.85. The molecule has 0 radical (unpaired) electrons. The first-order valence-corrected chi connectivity index (χ1v) is 10.8. The van der Waals surface area contributed by atoms with Crippen LogP contribution in [0.2, 0.25) is 0 Å². The summed E-state index contributed by atoms with van der Waals surface area (Å²) >= 11 is 5.37. The maximum Gasteiger partial charge on any atom is 0.240 e. The third-order valence-corrected chi connectivity index (χ3v) is 5.84. The fourth-order valence-electron chi connectivity index (χ4n) is 4.00. The van der Waals surface area contributed by atoms with Gasteiger partial charge in [0, 0.05) is 12.1 Å². The van der Waals surface area contributed by atoms with Gasteiger partial charge in [0.25, 0.3) is 0 Å². The molecule has 1 aliphatic rings. The molecule has 8 heteroatoms. The Morgan fingerprint density at radius 1 is 1.27 bits per heavy atom. The molecule has 0 aliphatic carbocycles. The van der Waals surface area contributed by atoms with Crippen LogP contribution in [0.4, 0.5) is 0 Å². The highest BCUT2D eigenvalue weighted by molar-refractivity contribution is 7.71. The zero-order chi connectivity index (χ0) is 20.9. The molecule has 3 heterocycles. The van der Waals surface area contributed by atoms with Crippen LogP contribution in [0.5, 0.6) is 0 Å². The van der Waals surface area contributed by atoms with Crippen LogP contribution < -0.4 is 5.32 Å². The molecule has 3 aromatic rings. The standard InChI is InChI=1S/C22H27N5O2S/c1-16-7-5-8-17(13-16)21-24-25-22(30)27(21)15-20(28)23-14-18(19-9-6-12-29-19)26-10-3-2-4-11-26/h5-9,12-13,18H,2-4,10-11,14-15H2,1H3,(H,23,28)(H,25,30). The molecule has 1 saturated heterocycles. The number of aryl methyl sites for hydroxylation is 1. The Morgan fingerprint density at radius 3 is 2.83 bits per heavy atom. The molecule has 30 heavy (non-hydrogen) atoms. The van der Waals surface area contributed by atoms with Gasteiger partial charge in [-0.1, -0.05) is 30.2 Å². The van der Waals surface area contributed by atoms with Crippen LogP contribution in [-0.2, 0) is 11.3 Å². The van der Waals surface area contributed by atoms with Gasteiger partial charge in [-0.2, -0.15) is 5.10 Å². The fourth-order valence-corrected chi connectivity index (χ4v) is 4.20. The Morgan fingerprint density at radius 2 is 2.10 bits per heavy atom. The van der Waals surface area contributed by atoms with Gasteiger partial charge in [-0.15, -0.1) is 0 Å². The van der Waals surface area contributed by atoms with Crippen molar-refractivity contribution in [2.75, 3.05) is 19.6 Å². The molecule has 1 fully saturated rings. The largest absolute Gasteiger partial charge is 0.468 e. The molecular formula is C22H27N5O2S. The highest BCUT2D eigenvalue weighted by atomic mass is 32.1. The highest BCUT2D eigenvalue weighted by Crippen LogP contribution is 2.24. The third-order valence-electron chi connectivity index (χ3n) is 5.53. The maximum atomic E-state index is 12.8. The summed E-state index contributed by atoms with van der Waals surface area (Å²) < 4.78 is 7.83. The van der Waals surface area contributed by atoms with Crippen molar-refractivity contribution in [1.82, 2.24) is 25.0 Å². The number of H-pyrrole nitrogens is 1. The number of piperidine rings is 1. The summed E-state index contributed by atoms with van der Waals surface area (Å²) in [4.78, 5) is 15.2. The van der Waals surface area contributed by atoms with E-state index in [1.54, 1.807) is 10.8 Å². The number of nitrogens with zero attached hydrogens (tertiary/aromatic N) is 3.